The van der Waals surface area contributed by atoms with Crippen molar-refractivity contribution in [3.05, 3.63) is 0 Å². The van der Waals surface area contributed by atoms with Crippen LogP contribution in [0.5, 0.6) is 0 Å². The molecule has 1 N–H and O–H groups in total. The first-order valence-corrected chi connectivity index (χ1v) is 6.44. The van der Waals surface area contributed by atoms with Gasteiger partial charge in [-0.3, -0.25) is 0 Å². The smallest absolute Gasteiger partial charge is 0.151 e. The first kappa shape index (κ1) is 9.35. The Bertz CT molecular complexity index is 210. The predicted octanol–water partition coefficient (Wildman–Crippen LogP) is -0.101. The van der Waals surface area contributed by atoms with E-state index in [1.807, 2.05) is 0 Å². The van der Waals surface area contributed by atoms with Crippen LogP contribution >= 0.6 is 11.8 Å². The number of aliphatic hydroxyl groups excluding tert-OH is 1. The van der Waals surface area contributed by atoms with Gasteiger partial charge in [0.2, 0.25) is 0 Å². The molecule has 0 aromatic rings. The Kier molecular flexibility index (Phi) is 3.21. The Hall–Kier alpha value is 0.260. The summed E-state index contributed by atoms with van der Waals surface area (Å²) in [6.45, 7) is 0.140. The van der Waals surface area contributed by atoms with E-state index < -0.39 is 9.84 Å². The highest BCUT2D eigenvalue weighted by Gasteiger charge is 2.27. The predicted molar refractivity (Wildman–Crippen MR) is 46.6 cm³/mol. The molecule has 1 unspecified atom stereocenters. The van der Waals surface area contributed by atoms with E-state index >= 15 is 0 Å². The number of hydrogen-bond acceptors (Lipinski definition) is 4. The maximum atomic E-state index is 10.9. The van der Waals surface area contributed by atoms with Crippen LogP contribution < -0.4 is 0 Å². The fraction of sp³-hybridized carbons (Fsp3) is 1.00. The molecule has 3 nitrogen and oxygen atoms in total. The van der Waals surface area contributed by atoms with E-state index in [2.05, 4.69) is 0 Å². The van der Waals surface area contributed by atoms with Gasteiger partial charge in [0.15, 0.2) is 9.84 Å². The molecule has 0 radical (unpaired) electrons. The van der Waals surface area contributed by atoms with E-state index in [0.717, 1.165) is 6.42 Å². The molecule has 11 heavy (non-hydrogen) atoms. The van der Waals surface area contributed by atoms with Crippen LogP contribution in [0.15, 0.2) is 0 Å². The highest BCUT2D eigenvalue weighted by Crippen LogP contribution is 2.23. The van der Waals surface area contributed by atoms with Crippen molar-refractivity contribution in [2.75, 3.05) is 23.9 Å². The molecule has 1 atom stereocenters. The Morgan fingerprint density at radius 3 is 2.73 bits per heavy atom. The summed E-state index contributed by atoms with van der Waals surface area (Å²) in [6, 6.07) is 0. The van der Waals surface area contributed by atoms with Gasteiger partial charge in [0.05, 0.1) is 18.1 Å². The summed E-state index contributed by atoms with van der Waals surface area (Å²) >= 11 is 1.56. The molecule has 1 fully saturated rings. The molecule has 0 aliphatic carbocycles. The zero-order valence-corrected chi connectivity index (χ0v) is 7.83. The van der Waals surface area contributed by atoms with E-state index in [0.29, 0.717) is 17.3 Å². The van der Waals surface area contributed by atoms with E-state index in [9.17, 15) is 8.42 Å². The second kappa shape index (κ2) is 3.78. The molecular formula is C6H12O3S2. The summed E-state index contributed by atoms with van der Waals surface area (Å²) in [7, 11) is -2.73. The van der Waals surface area contributed by atoms with Crippen molar-refractivity contribution >= 4 is 21.6 Å². The number of thioether (sulfide) groups is 1. The van der Waals surface area contributed by atoms with Crippen molar-refractivity contribution in [2.45, 2.75) is 11.7 Å². The van der Waals surface area contributed by atoms with Crippen LogP contribution in [0.1, 0.15) is 6.42 Å². The summed E-state index contributed by atoms with van der Waals surface area (Å²) < 4.78 is 21.9. The average molecular weight is 196 g/mol. The fourth-order valence-corrected chi connectivity index (χ4v) is 4.53. The largest absolute Gasteiger partial charge is 0.396 e. The molecule has 1 heterocycles. The van der Waals surface area contributed by atoms with E-state index in [1.54, 1.807) is 11.8 Å². The third-order valence-electron chi connectivity index (χ3n) is 1.64. The van der Waals surface area contributed by atoms with Gasteiger partial charge in [0.1, 0.15) is 0 Å². The van der Waals surface area contributed by atoms with Gasteiger partial charge in [0.25, 0.3) is 0 Å². The first-order chi connectivity index (χ1) is 5.14. The average Bonchev–Trinajstić information content (AvgIpc) is 2.26. The third-order valence-corrected chi connectivity index (χ3v) is 4.91. The topological polar surface area (TPSA) is 54.4 Å². The van der Waals surface area contributed by atoms with Crippen LogP contribution in [0.4, 0.5) is 0 Å². The van der Waals surface area contributed by atoms with Crippen molar-refractivity contribution in [2.24, 2.45) is 0 Å². The van der Waals surface area contributed by atoms with Crippen molar-refractivity contribution in [3.8, 4) is 0 Å². The summed E-state index contributed by atoms with van der Waals surface area (Å²) in [5.41, 5.74) is 0. The Morgan fingerprint density at radius 1 is 1.55 bits per heavy atom. The molecule has 0 bridgehead atoms. The minimum atomic E-state index is -2.73. The zero-order valence-electron chi connectivity index (χ0n) is 6.19. The van der Waals surface area contributed by atoms with E-state index in [1.165, 1.54) is 0 Å². The van der Waals surface area contributed by atoms with Crippen molar-refractivity contribution in [3.63, 3.8) is 0 Å². The second-order valence-corrected chi connectivity index (χ2v) is 6.26. The molecule has 1 saturated heterocycles. The molecule has 0 amide bonds. The molecule has 0 aromatic heterocycles. The highest BCUT2D eigenvalue weighted by atomic mass is 32.2. The number of hydrogen-bond donors (Lipinski definition) is 1. The van der Waals surface area contributed by atoms with E-state index in [4.69, 9.17) is 5.11 Å². The molecule has 1 aliphatic heterocycles. The Balaban J connectivity index is 2.31. The standard InChI is InChI=1S/C6H12O3S2/c7-2-3-10-6-1-4-11(8,9)5-6/h6-7H,1-5H2. The van der Waals surface area contributed by atoms with Gasteiger partial charge >= 0.3 is 0 Å². The van der Waals surface area contributed by atoms with Crippen LogP contribution in [0, 0.1) is 0 Å². The van der Waals surface area contributed by atoms with E-state index in [-0.39, 0.29) is 11.9 Å². The molecule has 66 valence electrons. The van der Waals surface area contributed by atoms with Crippen LogP contribution in [-0.4, -0.2) is 42.6 Å². The van der Waals surface area contributed by atoms with Gasteiger partial charge in [-0.05, 0) is 6.42 Å². The minimum absolute atomic E-state index is 0.140. The molecular weight excluding hydrogens is 184 g/mol. The molecule has 1 aliphatic rings. The van der Waals surface area contributed by atoms with Gasteiger partial charge in [0, 0.05) is 11.0 Å². The van der Waals surface area contributed by atoms with Crippen molar-refractivity contribution in [1.82, 2.24) is 0 Å². The Morgan fingerprint density at radius 2 is 2.27 bits per heavy atom. The second-order valence-electron chi connectivity index (χ2n) is 2.62. The lowest BCUT2D eigenvalue weighted by Gasteiger charge is -2.03. The molecule has 5 heteroatoms. The lowest BCUT2D eigenvalue weighted by atomic mass is 10.4. The first-order valence-electron chi connectivity index (χ1n) is 3.57. The Labute approximate surface area is 71.1 Å². The van der Waals surface area contributed by atoms with Gasteiger partial charge in [-0.1, -0.05) is 0 Å². The number of aliphatic hydroxyl groups is 1. The van der Waals surface area contributed by atoms with Gasteiger partial charge < -0.3 is 5.11 Å². The monoisotopic (exact) mass is 196 g/mol. The summed E-state index contributed by atoms with van der Waals surface area (Å²) in [4.78, 5) is 0. The number of rotatable bonds is 3. The van der Waals surface area contributed by atoms with Crippen LogP contribution in [-0.2, 0) is 9.84 Å². The third kappa shape index (κ3) is 3.01. The summed E-state index contributed by atoms with van der Waals surface area (Å²) in [5.74, 6) is 1.29. The SMILES string of the molecule is O=S1(=O)CCC(SCCO)C1. The van der Waals surface area contributed by atoms with Crippen LogP contribution in [0.3, 0.4) is 0 Å². The molecule has 0 aromatic carbocycles. The maximum Gasteiger partial charge on any atom is 0.151 e. The number of sulfone groups is 1. The minimum Gasteiger partial charge on any atom is -0.396 e. The zero-order chi connectivity index (χ0) is 8.32. The van der Waals surface area contributed by atoms with Gasteiger partial charge in [-0.2, -0.15) is 11.8 Å². The van der Waals surface area contributed by atoms with Crippen molar-refractivity contribution < 1.29 is 13.5 Å². The fourth-order valence-electron chi connectivity index (χ4n) is 1.11. The maximum absolute atomic E-state index is 10.9. The summed E-state index contributed by atoms with van der Waals surface area (Å²) in [5, 5.41) is 8.72. The quantitative estimate of drug-likeness (QED) is 0.685. The summed E-state index contributed by atoms with van der Waals surface area (Å²) in [6.07, 6.45) is 0.757. The lowest BCUT2D eigenvalue weighted by Crippen LogP contribution is -2.07. The van der Waals surface area contributed by atoms with Gasteiger partial charge in [-0.25, -0.2) is 8.42 Å². The molecule has 0 spiro atoms. The van der Waals surface area contributed by atoms with Crippen LogP contribution in [0.2, 0.25) is 0 Å². The molecule has 0 saturated carbocycles. The lowest BCUT2D eigenvalue weighted by molar-refractivity contribution is 0.322. The molecule has 1 rings (SSSR count). The highest BCUT2D eigenvalue weighted by molar-refractivity contribution is 8.01. The van der Waals surface area contributed by atoms with Gasteiger partial charge in [-0.15, -0.1) is 0 Å². The van der Waals surface area contributed by atoms with Crippen molar-refractivity contribution in [1.29, 1.82) is 0 Å². The van der Waals surface area contributed by atoms with Crippen LogP contribution in [0.25, 0.3) is 0 Å². The normalized spacial score (nSPS) is 29.0.